The normalized spacial score (nSPS) is 18.5. The zero-order valence-corrected chi connectivity index (χ0v) is 18.3. The van der Waals surface area contributed by atoms with Gasteiger partial charge in [-0.05, 0) is 49.4 Å². The molecule has 2 aliphatic rings. The van der Waals surface area contributed by atoms with Gasteiger partial charge in [0.15, 0.2) is 0 Å². The molecule has 1 heterocycles. The fourth-order valence-electron chi connectivity index (χ4n) is 4.09. The predicted molar refractivity (Wildman–Crippen MR) is 118 cm³/mol. The van der Waals surface area contributed by atoms with Gasteiger partial charge in [-0.3, -0.25) is 9.59 Å². The average Bonchev–Trinajstić information content (AvgIpc) is 3.62. The first-order valence-corrected chi connectivity index (χ1v) is 11.0. The summed E-state index contributed by atoms with van der Waals surface area (Å²) in [6, 6.07) is 15.0. The van der Waals surface area contributed by atoms with Crippen molar-refractivity contribution in [3.8, 4) is 5.75 Å². The van der Waals surface area contributed by atoms with Crippen molar-refractivity contribution in [1.29, 1.82) is 0 Å². The summed E-state index contributed by atoms with van der Waals surface area (Å²) in [5, 5.41) is 0. The van der Waals surface area contributed by atoms with Crippen molar-refractivity contribution in [2.24, 2.45) is 5.92 Å². The van der Waals surface area contributed by atoms with E-state index >= 15 is 0 Å². The molecule has 1 aliphatic carbocycles. The van der Waals surface area contributed by atoms with Crippen molar-refractivity contribution in [3.05, 3.63) is 65.2 Å². The molecule has 0 bridgehead atoms. The van der Waals surface area contributed by atoms with Gasteiger partial charge in [0.25, 0.3) is 11.8 Å². The van der Waals surface area contributed by atoms with Crippen LogP contribution in [0.3, 0.4) is 0 Å². The maximum absolute atomic E-state index is 13.4. The summed E-state index contributed by atoms with van der Waals surface area (Å²) in [5.41, 5.74) is 2.26. The van der Waals surface area contributed by atoms with Crippen molar-refractivity contribution in [1.82, 2.24) is 9.80 Å². The van der Waals surface area contributed by atoms with E-state index in [2.05, 4.69) is 0 Å². The van der Waals surface area contributed by atoms with Crippen LogP contribution in [-0.2, 0) is 4.74 Å². The van der Waals surface area contributed by atoms with Crippen LogP contribution in [0.5, 0.6) is 5.75 Å². The highest BCUT2D eigenvalue weighted by Gasteiger charge is 2.32. The Balaban J connectivity index is 1.47. The summed E-state index contributed by atoms with van der Waals surface area (Å²) >= 11 is 0. The van der Waals surface area contributed by atoms with E-state index < -0.39 is 0 Å². The molecule has 0 radical (unpaired) electrons. The summed E-state index contributed by atoms with van der Waals surface area (Å²) in [4.78, 5) is 30.1. The molecular weight excluding hydrogens is 392 g/mol. The Morgan fingerprint density at radius 1 is 1.06 bits per heavy atom. The molecule has 1 aliphatic heterocycles. The Hall–Kier alpha value is -2.86. The third-order valence-electron chi connectivity index (χ3n) is 6.03. The van der Waals surface area contributed by atoms with E-state index in [4.69, 9.17) is 9.47 Å². The standard InChI is InChI=1S/C25H30N2O4/c1-18-7-3-4-8-21(18)24(28)26-13-14-31-20(16-26)17-27(15-19-11-12-19)25(29)22-9-5-6-10-23(22)30-2/h3-10,19-20H,11-17H2,1-2H3. The molecule has 2 aromatic rings. The van der Waals surface area contributed by atoms with Gasteiger partial charge in [0.2, 0.25) is 0 Å². The summed E-state index contributed by atoms with van der Waals surface area (Å²) in [7, 11) is 1.58. The maximum atomic E-state index is 13.4. The summed E-state index contributed by atoms with van der Waals surface area (Å²) in [6.45, 7) is 4.64. The number of carbonyl (C=O) groups excluding carboxylic acids is 2. The largest absolute Gasteiger partial charge is 0.496 e. The number of nitrogens with zero attached hydrogens (tertiary/aromatic N) is 2. The second kappa shape index (κ2) is 9.52. The second-order valence-corrected chi connectivity index (χ2v) is 8.41. The lowest BCUT2D eigenvalue weighted by molar-refractivity contribution is -0.0335. The number of para-hydroxylation sites is 1. The van der Waals surface area contributed by atoms with Gasteiger partial charge in [0, 0.05) is 31.7 Å². The number of amides is 2. The number of hydrogen-bond acceptors (Lipinski definition) is 4. The highest BCUT2D eigenvalue weighted by Crippen LogP contribution is 2.31. The van der Waals surface area contributed by atoms with Gasteiger partial charge in [-0.2, -0.15) is 0 Å². The Morgan fingerprint density at radius 2 is 1.77 bits per heavy atom. The fraction of sp³-hybridized carbons (Fsp3) is 0.440. The minimum atomic E-state index is -0.209. The SMILES string of the molecule is COc1ccccc1C(=O)N(CC1CC1)CC1CN(C(=O)c2ccccc2C)CCO1. The topological polar surface area (TPSA) is 59.1 Å². The third-order valence-corrected chi connectivity index (χ3v) is 6.03. The highest BCUT2D eigenvalue weighted by atomic mass is 16.5. The van der Waals surface area contributed by atoms with E-state index in [1.165, 1.54) is 0 Å². The van der Waals surface area contributed by atoms with Gasteiger partial charge >= 0.3 is 0 Å². The van der Waals surface area contributed by atoms with Gasteiger partial charge in [0.1, 0.15) is 5.75 Å². The van der Waals surface area contributed by atoms with E-state index in [1.54, 1.807) is 13.2 Å². The number of morpholine rings is 1. The first kappa shape index (κ1) is 21.4. The monoisotopic (exact) mass is 422 g/mol. The molecule has 2 aromatic carbocycles. The van der Waals surface area contributed by atoms with Crippen molar-refractivity contribution in [3.63, 3.8) is 0 Å². The number of rotatable bonds is 7. The van der Waals surface area contributed by atoms with Crippen molar-refractivity contribution >= 4 is 11.8 Å². The Morgan fingerprint density at radius 3 is 2.48 bits per heavy atom. The average molecular weight is 423 g/mol. The molecule has 6 heteroatoms. The van der Waals surface area contributed by atoms with Crippen molar-refractivity contribution in [2.75, 3.05) is 39.9 Å². The van der Waals surface area contributed by atoms with Gasteiger partial charge in [-0.15, -0.1) is 0 Å². The quantitative estimate of drug-likeness (QED) is 0.686. The van der Waals surface area contributed by atoms with Crippen LogP contribution in [0.4, 0.5) is 0 Å². The predicted octanol–water partition coefficient (Wildman–Crippen LogP) is 3.40. The van der Waals surface area contributed by atoms with Crippen LogP contribution in [0, 0.1) is 12.8 Å². The second-order valence-electron chi connectivity index (χ2n) is 8.41. The van der Waals surface area contributed by atoms with Crippen molar-refractivity contribution in [2.45, 2.75) is 25.9 Å². The molecule has 31 heavy (non-hydrogen) atoms. The molecule has 1 saturated heterocycles. The van der Waals surface area contributed by atoms with Crippen LogP contribution >= 0.6 is 0 Å². The Bertz CT molecular complexity index is 941. The lowest BCUT2D eigenvalue weighted by Gasteiger charge is -2.36. The first-order chi connectivity index (χ1) is 15.1. The van der Waals surface area contributed by atoms with Gasteiger partial charge < -0.3 is 19.3 Å². The minimum absolute atomic E-state index is 0.0243. The summed E-state index contributed by atoms with van der Waals surface area (Å²) in [5.74, 6) is 1.10. The first-order valence-electron chi connectivity index (χ1n) is 11.0. The fourth-order valence-corrected chi connectivity index (χ4v) is 4.09. The number of hydrogen-bond donors (Lipinski definition) is 0. The molecule has 0 aromatic heterocycles. The molecule has 1 saturated carbocycles. The zero-order chi connectivity index (χ0) is 21.8. The van der Waals surface area contributed by atoms with Gasteiger partial charge in [-0.1, -0.05) is 30.3 Å². The molecule has 0 N–H and O–H groups in total. The molecule has 1 unspecified atom stereocenters. The minimum Gasteiger partial charge on any atom is -0.496 e. The third kappa shape index (κ3) is 5.07. The van der Waals surface area contributed by atoms with E-state index in [0.717, 1.165) is 24.0 Å². The van der Waals surface area contributed by atoms with Gasteiger partial charge in [0.05, 0.1) is 25.4 Å². The van der Waals surface area contributed by atoms with Crippen LogP contribution in [-0.4, -0.2) is 67.6 Å². The number of benzene rings is 2. The van der Waals surface area contributed by atoms with E-state index in [1.807, 2.05) is 59.2 Å². The van der Waals surface area contributed by atoms with Crippen molar-refractivity contribution < 1.29 is 19.1 Å². The number of ether oxygens (including phenoxy) is 2. The lowest BCUT2D eigenvalue weighted by atomic mass is 10.1. The summed E-state index contributed by atoms with van der Waals surface area (Å²) in [6.07, 6.45) is 2.09. The lowest BCUT2D eigenvalue weighted by Crippen LogP contribution is -2.51. The molecular formula is C25H30N2O4. The molecule has 6 nitrogen and oxygen atoms in total. The van der Waals surface area contributed by atoms with E-state index in [-0.39, 0.29) is 17.9 Å². The molecule has 4 rings (SSSR count). The summed E-state index contributed by atoms with van der Waals surface area (Å²) < 4.78 is 11.4. The van der Waals surface area contributed by atoms with Gasteiger partial charge in [-0.25, -0.2) is 0 Å². The molecule has 0 spiro atoms. The van der Waals surface area contributed by atoms with Crippen LogP contribution in [0.2, 0.25) is 0 Å². The molecule has 1 atom stereocenters. The van der Waals surface area contributed by atoms with Crippen LogP contribution < -0.4 is 4.74 Å². The van der Waals surface area contributed by atoms with Crippen LogP contribution in [0.1, 0.15) is 39.1 Å². The zero-order valence-electron chi connectivity index (χ0n) is 18.3. The molecule has 2 fully saturated rings. The molecule has 164 valence electrons. The van der Waals surface area contributed by atoms with E-state index in [0.29, 0.717) is 50.0 Å². The van der Waals surface area contributed by atoms with Crippen LogP contribution in [0.15, 0.2) is 48.5 Å². The van der Waals surface area contributed by atoms with Crippen LogP contribution in [0.25, 0.3) is 0 Å². The molecule has 2 amide bonds. The van der Waals surface area contributed by atoms with E-state index in [9.17, 15) is 9.59 Å². The highest BCUT2D eigenvalue weighted by molar-refractivity contribution is 5.97. The number of carbonyl (C=O) groups is 2. The number of aryl methyl sites for hydroxylation is 1. The smallest absolute Gasteiger partial charge is 0.257 e. The maximum Gasteiger partial charge on any atom is 0.257 e. The Kier molecular flexibility index (Phi) is 6.56. The Labute approximate surface area is 183 Å². The number of methoxy groups -OCH3 is 1.